The number of likely N-dealkylation sites (tertiary alicyclic amines) is 1. The molecule has 0 bridgehead atoms. The maximum absolute atomic E-state index is 12.4. The van der Waals surface area contributed by atoms with Gasteiger partial charge < -0.3 is 14.4 Å². The fourth-order valence-corrected chi connectivity index (χ4v) is 3.09. The van der Waals surface area contributed by atoms with Gasteiger partial charge in [0.1, 0.15) is 13.2 Å². The topological polar surface area (TPSA) is 38.8 Å². The van der Waals surface area contributed by atoms with Gasteiger partial charge in [0.05, 0.1) is 0 Å². The molecular weight excluding hydrogens is 278 g/mol. The summed E-state index contributed by atoms with van der Waals surface area (Å²) in [6.07, 6.45) is 6.03. The molecule has 2 unspecified atom stereocenters. The minimum absolute atomic E-state index is 0.133. The summed E-state index contributed by atoms with van der Waals surface area (Å²) in [6.45, 7) is 5.89. The number of Topliss-reactive ketones (excluding diaryl/α,β-unsaturated/α-hetero) is 1. The highest BCUT2D eigenvalue weighted by molar-refractivity contribution is 5.96. The Bertz CT molecular complexity index is 605. The molecule has 1 saturated heterocycles. The molecule has 2 aliphatic heterocycles. The first-order valence-electron chi connectivity index (χ1n) is 7.78. The van der Waals surface area contributed by atoms with Gasteiger partial charge in [-0.05, 0) is 24.1 Å². The molecule has 0 spiro atoms. The molecule has 0 N–H and O–H groups in total. The van der Waals surface area contributed by atoms with E-state index < -0.39 is 0 Å². The van der Waals surface area contributed by atoms with E-state index in [4.69, 9.17) is 15.9 Å². The van der Waals surface area contributed by atoms with E-state index >= 15 is 0 Å². The van der Waals surface area contributed by atoms with Gasteiger partial charge in [0.2, 0.25) is 0 Å². The minimum atomic E-state index is 0.133. The number of nitrogens with zero attached hydrogens (tertiary/aromatic N) is 1. The molecule has 3 rings (SSSR count). The summed E-state index contributed by atoms with van der Waals surface area (Å²) in [5, 5.41) is 0. The van der Waals surface area contributed by atoms with Crippen LogP contribution in [-0.2, 0) is 0 Å². The molecule has 0 radical (unpaired) electrons. The van der Waals surface area contributed by atoms with Crippen LogP contribution in [0.4, 0.5) is 0 Å². The SMILES string of the molecule is C#CC1CN(CCC(=O)c2ccc3c(c2)OCCO3)CC1C. The predicted octanol–water partition coefficient (Wildman–Crippen LogP) is 2.23. The van der Waals surface area contributed by atoms with Crippen LogP contribution in [0.1, 0.15) is 23.7 Å². The lowest BCUT2D eigenvalue weighted by atomic mass is 10.00. The summed E-state index contributed by atoms with van der Waals surface area (Å²) in [5.41, 5.74) is 0.685. The van der Waals surface area contributed by atoms with Crippen molar-refractivity contribution in [3.63, 3.8) is 0 Å². The Kier molecular flexibility index (Phi) is 4.35. The van der Waals surface area contributed by atoms with Crippen LogP contribution in [0.25, 0.3) is 0 Å². The number of hydrogen-bond donors (Lipinski definition) is 0. The van der Waals surface area contributed by atoms with Gasteiger partial charge >= 0.3 is 0 Å². The molecule has 116 valence electrons. The lowest BCUT2D eigenvalue weighted by molar-refractivity contribution is 0.0967. The first-order chi connectivity index (χ1) is 10.7. The first kappa shape index (κ1) is 14.9. The van der Waals surface area contributed by atoms with Crippen LogP contribution in [0.15, 0.2) is 18.2 Å². The van der Waals surface area contributed by atoms with Crippen LogP contribution in [0.5, 0.6) is 11.5 Å². The zero-order chi connectivity index (χ0) is 15.5. The maximum Gasteiger partial charge on any atom is 0.164 e. The summed E-state index contributed by atoms with van der Waals surface area (Å²) >= 11 is 0. The van der Waals surface area contributed by atoms with E-state index in [1.54, 1.807) is 6.07 Å². The van der Waals surface area contributed by atoms with Gasteiger partial charge in [-0.25, -0.2) is 0 Å². The van der Waals surface area contributed by atoms with Crippen LogP contribution < -0.4 is 9.47 Å². The van der Waals surface area contributed by atoms with Crippen LogP contribution >= 0.6 is 0 Å². The van der Waals surface area contributed by atoms with E-state index in [9.17, 15) is 4.79 Å². The summed E-state index contributed by atoms with van der Waals surface area (Å²) in [4.78, 5) is 14.6. The average molecular weight is 299 g/mol. The molecule has 2 aliphatic rings. The van der Waals surface area contributed by atoms with Crippen molar-refractivity contribution in [2.75, 3.05) is 32.8 Å². The summed E-state index contributed by atoms with van der Waals surface area (Å²) < 4.78 is 11.0. The van der Waals surface area contributed by atoms with Gasteiger partial charge in [0.15, 0.2) is 17.3 Å². The Hall–Kier alpha value is -1.99. The Balaban J connectivity index is 1.58. The molecular formula is C18H21NO3. The van der Waals surface area contributed by atoms with Crippen LogP contribution in [0, 0.1) is 24.2 Å². The highest BCUT2D eigenvalue weighted by Gasteiger charge is 2.28. The number of ketones is 1. The summed E-state index contributed by atoms with van der Waals surface area (Å²) in [5.74, 6) is 5.17. The van der Waals surface area contributed by atoms with Crippen LogP contribution in [0.3, 0.4) is 0 Å². The third kappa shape index (κ3) is 3.10. The quantitative estimate of drug-likeness (QED) is 0.631. The van der Waals surface area contributed by atoms with Crippen molar-refractivity contribution >= 4 is 5.78 Å². The second-order valence-electron chi connectivity index (χ2n) is 6.04. The van der Waals surface area contributed by atoms with Gasteiger partial charge in [-0.3, -0.25) is 4.79 Å². The Morgan fingerprint density at radius 2 is 2.09 bits per heavy atom. The number of terminal acetylenes is 1. The number of carbonyl (C=O) groups excluding carboxylic acids is 1. The molecule has 4 heteroatoms. The average Bonchev–Trinajstić information content (AvgIpc) is 2.92. The second kappa shape index (κ2) is 6.41. The normalized spacial score (nSPS) is 24.0. The molecule has 22 heavy (non-hydrogen) atoms. The van der Waals surface area contributed by atoms with Crippen molar-refractivity contribution in [2.45, 2.75) is 13.3 Å². The van der Waals surface area contributed by atoms with Crippen molar-refractivity contribution < 1.29 is 14.3 Å². The van der Waals surface area contributed by atoms with Gasteiger partial charge in [0.25, 0.3) is 0 Å². The highest BCUT2D eigenvalue weighted by atomic mass is 16.6. The molecule has 0 aliphatic carbocycles. The zero-order valence-electron chi connectivity index (χ0n) is 12.9. The molecule has 2 heterocycles. The van der Waals surface area contributed by atoms with E-state index in [-0.39, 0.29) is 5.78 Å². The maximum atomic E-state index is 12.4. The molecule has 2 atom stereocenters. The van der Waals surface area contributed by atoms with Gasteiger partial charge in [0, 0.05) is 37.5 Å². The van der Waals surface area contributed by atoms with Gasteiger partial charge in [-0.15, -0.1) is 12.3 Å². The Labute approximate surface area is 131 Å². The molecule has 1 aromatic carbocycles. The fraction of sp³-hybridized carbons (Fsp3) is 0.500. The monoisotopic (exact) mass is 299 g/mol. The molecule has 4 nitrogen and oxygen atoms in total. The number of carbonyl (C=O) groups is 1. The second-order valence-corrected chi connectivity index (χ2v) is 6.04. The molecule has 0 amide bonds. The van der Waals surface area contributed by atoms with Gasteiger partial charge in [-0.1, -0.05) is 6.92 Å². The Morgan fingerprint density at radius 1 is 1.32 bits per heavy atom. The summed E-state index contributed by atoms with van der Waals surface area (Å²) in [6, 6.07) is 5.41. The molecule has 1 aromatic rings. The van der Waals surface area contributed by atoms with E-state index in [0.717, 1.165) is 19.6 Å². The van der Waals surface area contributed by atoms with Crippen LogP contribution in [0.2, 0.25) is 0 Å². The predicted molar refractivity (Wildman–Crippen MR) is 84.3 cm³/mol. The van der Waals surface area contributed by atoms with Gasteiger partial charge in [-0.2, -0.15) is 0 Å². The van der Waals surface area contributed by atoms with Crippen molar-refractivity contribution in [3.05, 3.63) is 23.8 Å². The number of fused-ring (bicyclic) bond motifs is 1. The highest BCUT2D eigenvalue weighted by Crippen LogP contribution is 2.31. The minimum Gasteiger partial charge on any atom is -0.486 e. The largest absolute Gasteiger partial charge is 0.486 e. The van der Waals surface area contributed by atoms with Crippen molar-refractivity contribution in [1.82, 2.24) is 4.90 Å². The smallest absolute Gasteiger partial charge is 0.164 e. The summed E-state index contributed by atoms with van der Waals surface area (Å²) in [7, 11) is 0. The van der Waals surface area contributed by atoms with Crippen molar-refractivity contribution in [2.24, 2.45) is 11.8 Å². The van der Waals surface area contributed by atoms with E-state index in [0.29, 0.717) is 48.5 Å². The fourth-order valence-electron chi connectivity index (χ4n) is 3.09. The number of rotatable bonds is 4. The lowest BCUT2D eigenvalue weighted by Gasteiger charge is -2.19. The third-order valence-corrected chi connectivity index (χ3v) is 4.42. The first-order valence-corrected chi connectivity index (χ1v) is 7.78. The van der Waals surface area contributed by atoms with E-state index in [1.165, 1.54) is 0 Å². The van der Waals surface area contributed by atoms with Crippen molar-refractivity contribution in [1.29, 1.82) is 0 Å². The van der Waals surface area contributed by atoms with E-state index in [1.807, 2.05) is 12.1 Å². The third-order valence-electron chi connectivity index (χ3n) is 4.42. The molecule has 0 aromatic heterocycles. The number of hydrogen-bond acceptors (Lipinski definition) is 4. The standard InChI is InChI=1S/C18H21NO3/c1-3-14-12-19(11-13(14)2)7-6-16(20)15-4-5-17-18(10-15)22-9-8-21-17/h1,4-5,10,13-14H,6-9,11-12H2,2H3. The van der Waals surface area contributed by atoms with Crippen molar-refractivity contribution in [3.8, 4) is 23.8 Å². The molecule has 1 fully saturated rings. The number of benzene rings is 1. The number of ether oxygens (including phenoxy) is 2. The molecule has 0 saturated carbocycles. The van der Waals surface area contributed by atoms with E-state index in [2.05, 4.69) is 17.7 Å². The lowest BCUT2D eigenvalue weighted by Crippen LogP contribution is -2.24. The Morgan fingerprint density at radius 3 is 2.82 bits per heavy atom. The van der Waals surface area contributed by atoms with Crippen LogP contribution in [-0.4, -0.2) is 43.5 Å². The zero-order valence-corrected chi connectivity index (χ0v) is 12.9.